The Kier molecular flexibility index (Phi) is 16.2. The van der Waals surface area contributed by atoms with Gasteiger partial charge in [0.05, 0.1) is 50.5 Å². The predicted molar refractivity (Wildman–Crippen MR) is 206 cm³/mol. The summed E-state index contributed by atoms with van der Waals surface area (Å²) in [5.74, 6) is -0.572. The van der Waals surface area contributed by atoms with E-state index in [0.29, 0.717) is 63.5 Å². The molecule has 0 unspecified atom stereocenters. The number of alkyl halides is 6. The molecular weight excluding hydrogens is 750 g/mol. The van der Waals surface area contributed by atoms with Gasteiger partial charge < -0.3 is 9.47 Å². The molecule has 2 fully saturated rings. The van der Waals surface area contributed by atoms with E-state index in [1.165, 1.54) is 38.5 Å². The number of hydrogen-bond acceptors (Lipinski definition) is 8. The van der Waals surface area contributed by atoms with Gasteiger partial charge in [-0.2, -0.15) is 26.3 Å². The van der Waals surface area contributed by atoms with Crippen LogP contribution in [0.5, 0.6) is 0 Å². The Labute approximate surface area is 330 Å². The van der Waals surface area contributed by atoms with E-state index in [4.69, 9.17) is 9.47 Å². The van der Waals surface area contributed by atoms with E-state index in [0.717, 1.165) is 23.3 Å². The number of piperazine rings is 2. The second kappa shape index (κ2) is 20.6. The normalized spacial score (nSPS) is 17.0. The molecule has 2 atom stereocenters. The summed E-state index contributed by atoms with van der Waals surface area (Å²) in [5, 5.41) is 0. The first kappa shape index (κ1) is 44.9. The third kappa shape index (κ3) is 12.6. The number of halogens is 6. The number of benzene rings is 4. The van der Waals surface area contributed by atoms with Gasteiger partial charge in [0.2, 0.25) is 0 Å². The number of ether oxygens (including phenoxy) is 2. The van der Waals surface area contributed by atoms with Crippen LogP contribution in [0.25, 0.3) is 0 Å². The number of rotatable bonds is 10. The van der Waals surface area contributed by atoms with Gasteiger partial charge in [-0.3, -0.25) is 29.2 Å². The van der Waals surface area contributed by atoms with E-state index in [1.807, 2.05) is 70.5 Å². The molecule has 2 aliphatic rings. The van der Waals surface area contributed by atoms with Gasteiger partial charge >= 0.3 is 24.3 Å². The van der Waals surface area contributed by atoms with Crippen molar-refractivity contribution >= 4 is 11.9 Å². The van der Waals surface area contributed by atoms with Crippen molar-refractivity contribution in [3.05, 3.63) is 143 Å². The van der Waals surface area contributed by atoms with Gasteiger partial charge in [0.15, 0.2) is 0 Å². The van der Waals surface area contributed by atoms with Crippen molar-refractivity contribution in [1.82, 2.24) is 19.6 Å². The number of methoxy groups -OCH3 is 2. The molecule has 0 aromatic heterocycles. The lowest BCUT2D eigenvalue weighted by atomic mass is 9.95. The average Bonchev–Trinajstić information content (AvgIpc) is 3.20. The van der Waals surface area contributed by atoms with Crippen LogP contribution in [-0.2, 0) is 31.4 Å². The Morgan fingerprint density at radius 3 is 1.12 bits per heavy atom. The third-order valence-corrected chi connectivity index (χ3v) is 9.99. The van der Waals surface area contributed by atoms with Gasteiger partial charge in [0, 0.05) is 52.4 Å². The van der Waals surface area contributed by atoms with Crippen molar-refractivity contribution in [2.45, 2.75) is 31.9 Å². The lowest BCUT2D eigenvalue weighted by molar-refractivity contribution is -0.143. The molecule has 0 N–H and O–H groups in total. The molecule has 4 aromatic carbocycles. The summed E-state index contributed by atoms with van der Waals surface area (Å²) in [6.45, 7) is 5.64. The van der Waals surface area contributed by atoms with Crippen LogP contribution in [0.15, 0.2) is 109 Å². The van der Waals surface area contributed by atoms with Crippen LogP contribution in [0.2, 0.25) is 0 Å². The van der Waals surface area contributed by atoms with E-state index in [-0.39, 0.29) is 44.5 Å². The zero-order chi connectivity index (χ0) is 40.3. The standard InChI is InChI=1S/2C21H23F3N2O2.CH4/c2*1-28-19(27)15-25-10-12-26(13-11-25)20(16-6-3-2-4-7-16)17-8-5-9-18(14-17)21(22,23)24;/h2*2-9,14,20H,10-13,15H2,1H3;1H4/t2*20-;/m10./s1. The maximum Gasteiger partial charge on any atom is 0.416 e. The number of esters is 2. The summed E-state index contributed by atoms with van der Waals surface area (Å²) in [5.41, 5.74) is 1.84. The second-order valence-corrected chi connectivity index (χ2v) is 13.6. The topological polar surface area (TPSA) is 65.6 Å². The van der Waals surface area contributed by atoms with Gasteiger partial charge in [-0.15, -0.1) is 0 Å². The van der Waals surface area contributed by atoms with Crippen molar-refractivity contribution in [2.75, 3.05) is 79.7 Å². The van der Waals surface area contributed by atoms with E-state index in [9.17, 15) is 35.9 Å². The molecule has 6 rings (SSSR count). The van der Waals surface area contributed by atoms with Crippen LogP contribution in [0, 0.1) is 0 Å². The Balaban J connectivity index is 0.000000248. The van der Waals surface area contributed by atoms with Gasteiger partial charge in [0.25, 0.3) is 0 Å². The van der Waals surface area contributed by atoms with Crippen LogP contribution in [0.4, 0.5) is 26.3 Å². The number of carbonyl (C=O) groups is 2. The highest BCUT2D eigenvalue weighted by Crippen LogP contribution is 2.36. The van der Waals surface area contributed by atoms with Crippen LogP contribution in [0.1, 0.15) is 52.9 Å². The fourth-order valence-electron chi connectivity index (χ4n) is 7.12. The molecule has 8 nitrogen and oxygen atoms in total. The quantitative estimate of drug-likeness (QED) is 0.119. The lowest BCUT2D eigenvalue weighted by Gasteiger charge is -2.39. The third-order valence-electron chi connectivity index (χ3n) is 9.99. The van der Waals surface area contributed by atoms with Crippen LogP contribution < -0.4 is 0 Å². The van der Waals surface area contributed by atoms with Crippen molar-refractivity contribution in [2.24, 2.45) is 0 Å². The smallest absolute Gasteiger partial charge is 0.416 e. The lowest BCUT2D eigenvalue weighted by Crippen LogP contribution is -2.49. The molecule has 4 aromatic rings. The summed E-state index contributed by atoms with van der Waals surface area (Å²) in [6.07, 6.45) is -8.76. The fraction of sp³-hybridized carbons (Fsp3) is 0.395. The molecule has 2 saturated heterocycles. The zero-order valence-corrected chi connectivity index (χ0v) is 31.3. The molecule has 2 heterocycles. The Morgan fingerprint density at radius 1 is 0.509 bits per heavy atom. The molecule has 14 heteroatoms. The monoisotopic (exact) mass is 800 g/mol. The SMILES string of the molecule is C.COC(=O)CN1CCN([C@@H](c2ccccc2)c2cccc(C(F)(F)F)c2)CC1.COC(=O)CN1CCN([C@H](c2ccccc2)c2cccc(C(F)(F)F)c2)CC1. The Morgan fingerprint density at radius 2 is 0.825 bits per heavy atom. The molecule has 0 saturated carbocycles. The van der Waals surface area contributed by atoms with E-state index >= 15 is 0 Å². The Bertz CT molecular complexity index is 1710. The molecule has 0 amide bonds. The van der Waals surface area contributed by atoms with Crippen molar-refractivity contribution in [3.8, 4) is 0 Å². The van der Waals surface area contributed by atoms with E-state index in [1.54, 1.807) is 12.1 Å². The number of hydrogen-bond donors (Lipinski definition) is 0. The molecule has 57 heavy (non-hydrogen) atoms. The van der Waals surface area contributed by atoms with Gasteiger partial charge in [-0.05, 0) is 46.5 Å². The maximum atomic E-state index is 13.2. The summed E-state index contributed by atoms with van der Waals surface area (Å²) in [7, 11) is 2.72. The highest BCUT2D eigenvalue weighted by Gasteiger charge is 2.34. The molecular formula is C43H50F6N4O4. The van der Waals surface area contributed by atoms with Crippen LogP contribution >= 0.6 is 0 Å². The van der Waals surface area contributed by atoms with Crippen molar-refractivity contribution < 1.29 is 45.4 Å². The number of nitrogens with zero attached hydrogens (tertiary/aromatic N) is 4. The molecule has 308 valence electrons. The molecule has 0 spiro atoms. The largest absolute Gasteiger partial charge is 0.468 e. The molecule has 0 bridgehead atoms. The molecule has 0 aliphatic carbocycles. The summed E-state index contributed by atoms with van der Waals surface area (Å²) >= 11 is 0. The van der Waals surface area contributed by atoms with Crippen LogP contribution in [-0.4, -0.2) is 111 Å². The minimum atomic E-state index is -4.38. The van der Waals surface area contributed by atoms with Gasteiger partial charge in [-0.25, -0.2) is 0 Å². The Hall–Kier alpha value is -4.76. The highest BCUT2D eigenvalue weighted by atomic mass is 19.4. The van der Waals surface area contributed by atoms with E-state index < -0.39 is 23.5 Å². The fourth-order valence-corrected chi connectivity index (χ4v) is 7.12. The summed E-state index contributed by atoms with van der Waals surface area (Å²) in [4.78, 5) is 31.3. The van der Waals surface area contributed by atoms with Gasteiger partial charge in [0.1, 0.15) is 0 Å². The first-order chi connectivity index (χ1) is 26.8. The summed E-state index contributed by atoms with van der Waals surface area (Å²) < 4.78 is 88.7. The minimum Gasteiger partial charge on any atom is -0.468 e. The van der Waals surface area contributed by atoms with E-state index in [2.05, 4.69) is 9.80 Å². The second-order valence-electron chi connectivity index (χ2n) is 13.6. The highest BCUT2D eigenvalue weighted by molar-refractivity contribution is 5.71. The van der Waals surface area contributed by atoms with Crippen molar-refractivity contribution in [1.29, 1.82) is 0 Å². The number of carbonyl (C=O) groups excluding carboxylic acids is 2. The maximum absolute atomic E-state index is 13.2. The summed E-state index contributed by atoms with van der Waals surface area (Å²) in [6, 6.07) is 29.6. The first-order valence-corrected chi connectivity index (χ1v) is 18.3. The molecule has 2 aliphatic heterocycles. The first-order valence-electron chi connectivity index (χ1n) is 18.3. The average molecular weight is 801 g/mol. The minimum absolute atomic E-state index is 0. The van der Waals surface area contributed by atoms with Crippen molar-refractivity contribution in [3.63, 3.8) is 0 Å². The van der Waals surface area contributed by atoms with Gasteiger partial charge in [-0.1, -0.05) is 92.4 Å². The van der Waals surface area contributed by atoms with Crippen LogP contribution in [0.3, 0.4) is 0 Å². The zero-order valence-electron chi connectivity index (χ0n) is 31.3. The predicted octanol–water partition coefficient (Wildman–Crippen LogP) is 7.81. The molecule has 0 radical (unpaired) electrons.